The summed E-state index contributed by atoms with van der Waals surface area (Å²) in [6.45, 7) is 7.69. The van der Waals surface area contributed by atoms with Crippen LogP contribution in [0.3, 0.4) is 0 Å². The lowest BCUT2D eigenvalue weighted by atomic mass is 10.00. The summed E-state index contributed by atoms with van der Waals surface area (Å²) in [7, 11) is 0. The highest BCUT2D eigenvalue weighted by atomic mass is 16.5. The number of amides is 2. The van der Waals surface area contributed by atoms with E-state index in [2.05, 4.69) is 17.1 Å². The zero-order valence-corrected chi connectivity index (χ0v) is 13.7. The number of hydrogen-bond donors (Lipinski definition) is 1. The van der Waals surface area contributed by atoms with Gasteiger partial charge in [-0.05, 0) is 32.0 Å². The molecule has 0 bridgehead atoms. The molecule has 1 N–H and O–H groups in total. The number of piperazine rings is 1. The number of ether oxygens (including phenoxy) is 1. The Balaban J connectivity index is 1.73. The van der Waals surface area contributed by atoms with Gasteiger partial charge >= 0.3 is 0 Å². The lowest BCUT2D eigenvalue weighted by molar-refractivity contribution is -0.155. The Morgan fingerprint density at radius 1 is 1.26 bits per heavy atom. The first-order chi connectivity index (χ1) is 11.0. The second-order valence-corrected chi connectivity index (χ2v) is 6.22. The highest BCUT2D eigenvalue weighted by Crippen LogP contribution is 2.34. The van der Waals surface area contributed by atoms with Crippen molar-refractivity contribution in [3.05, 3.63) is 24.3 Å². The smallest absolute Gasteiger partial charge is 0.278 e. The molecule has 23 heavy (non-hydrogen) atoms. The van der Waals surface area contributed by atoms with Crippen LogP contribution >= 0.6 is 0 Å². The molecule has 0 saturated carbocycles. The van der Waals surface area contributed by atoms with Crippen molar-refractivity contribution in [2.24, 2.45) is 0 Å². The molecule has 0 spiro atoms. The molecule has 1 saturated heterocycles. The number of carbonyl (C=O) groups excluding carboxylic acids is 2. The number of para-hydroxylation sites is 2. The third-order valence-electron chi connectivity index (χ3n) is 4.49. The summed E-state index contributed by atoms with van der Waals surface area (Å²) >= 11 is 0. The monoisotopic (exact) mass is 317 g/mol. The Morgan fingerprint density at radius 3 is 2.65 bits per heavy atom. The number of benzene rings is 1. The zero-order valence-electron chi connectivity index (χ0n) is 13.7. The lowest BCUT2D eigenvalue weighted by Crippen LogP contribution is -2.62. The average molecular weight is 317 g/mol. The summed E-state index contributed by atoms with van der Waals surface area (Å²) in [5.74, 6) is -0.134. The quantitative estimate of drug-likeness (QED) is 0.855. The molecule has 2 heterocycles. The van der Waals surface area contributed by atoms with Crippen LogP contribution in [-0.2, 0) is 9.59 Å². The third kappa shape index (κ3) is 2.91. The van der Waals surface area contributed by atoms with E-state index < -0.39 is 11.5 Å². The van der Waals surface area contributed by atoms with Crippen molar-refractivity contribution in [2.75, 3.05) is 38.0 Å². The van der Waals surface area contributed by atoms with Crippen LogP contribution in [0.4, 0.5) is 5.69 Å². The van der Waals surface area contributed by atoms with Crippen molar-refractivity contribution in [3.8, 4) is 5.75 Å². The SMILES string of the molecule is CCCN1CCN(C(=O)C2(C)Oc3ccccc3NC2=O)CC1. The first-order valence-corrected chi connectivity index (χ1v) is 8.16. The summed E-state index contributed by atoms with van der Waals surface area (Å²) < 4.78 is 5.80. The van der Waals surface area contributed by atoms with Gasteiger partial charge in [-0.15, -0.1) is 0 Å². The van der Waals surface area contributed by atoms with Gasteiger partial charge in [-0.2, -0.15) is 0 Å². The van der Waals surface area contributed by atoms with E-state index in [4.69, 9.17) is 4.74 Å². The van der Waals surface area contributed by atoms with Gasteiger partial charge in [0.2, 0.25) is 0 Å². The van der Waals surface area contributed by atoms with Crippen molar-refractivity contribution < 1.29 is 14.3 Å². The van der Waals surface area contributed by atoms with Crippen LogP contribution in [0.15, 0.2) is 24.3 Å². The molecule has 6 nitrogen and oxygen atoms in total. The molecular formula is C17H23N3O3. The maximum atomic E-state index is 12.9. The van der Waals surface area contributed by atoms with Gasteiger partial charge in [0.15, 0.2) is 0 Å². The van der Waals surface area contributed by atoms with Crippen LogP contribution in [-0.4, -0.2) is 59.9 Å². The second-order valence-electron chi connectivity index (χ2n) is 6.22. The molecule has 2 amide bonds. The van der Waals surface area contributed by atoms with Crippen LogP contribution in [0.5, 0.6) is 5.75 Å². The number of hydrogen-bond acceptors (Lipinski definition) is 4. The molecular weight excluding hydrogens is 294 g/mol. The molecule has 6 heteroatoms. The van der Waals surface area contributed by atoms with E-state index in [-0.39, 0.29) is 5.91 Å². The first-order valence-electron chi connectivity index (χ1n) is 8.16. The maximum Gasteiger partial charge on any atom is 0.278 e. The van der Waals surface area contributed by atoms with Crippen LogP contribution < -0.4 is 10.1 Å². The zero-order chi connectivity index (χ0) is 16.4. The number of anilines is 1. The summed E-state index contributed by atoms with van der Waals surface area (Å²) in [4.78, 5) is 29.4. The Kier molecular flexibility index (Phi) is 4.26. The number of fused-ring (bicyclic) bond motifs is 1. The minimum atomic E-state index is -1.50. The minimum Gasteiger partial charge on any atom is -0.466 e. The van der Waals surface area contributed by atoms with Crippen molar-refractivity contribution in [2.45, 2.75) is 25.9 Å². The van der Waals surface area contributed by atoms with E-state index in [1.54, 1.807) is 24.0 Å². The number of nitrogens with one attached hydrogen (secondary N) is 1. The number of carbonyl (C=O) groups is 2. The van der Waals surface area contributed by atoms with Crippen molar-refractivity contribution in [1.29, 1.82) is 0 Å². The predicted molar refractivity (Wildman–Crippen MR) is 87.4 cm³/mol. The molecule has 1 aromatic rings. The predicted octanol–water partition coefficient (Wildman–Crippen LogP) is 1.33. The lowest BCUT2D eigenvalue weighted by Gasteiger charge is -2.40. The molecule has 2 aliphatic heterocycles. The Labute approximate surface area is 136 Å². The fourth-order valence-corrected chi connectivity index (χ4v) is 3.10. The number of nitrogens with zero attached hydrogens (tertiary/aromatic N) is 2. The summed E-state index contributed by atoms with van der Waals surface area (Å²) in [6.07, 6.45) is 1.11. The fourth-order valence-electron chi connectivity index (χ4n) is 3.10. The van der Waals surface area contributed by atoms with Crippen molar-refractivity contribution >= 4 is 17.5 Å². The molecule has 1 fully saturated rings. The average Bonchev–Trinajstić information content (AvgIpc) is 2.56. The van der Waals surface area contributed by atoms with Crippen LogP contribution in [0.1, 0.15) is 20.3 Å². The van der Waals surface area contributed by atoms with Gasteiger partial charge in [-0.25, -0.2) is 0 Å². The van der Waals surface area contributed by atoms with Gasteiger partial charge in [0.1, 0.15) is 5.75 Å². The summed E-state index contributed by atoms with van der Waals surface area (Å²) in [5, 5.41) is 2.78. The molecule has 1 aromatic carbocycles. The summed E-state index contributed by atoms with van der Waals surface area (Å²) in [6, 6.07) is 7.17. The number of rotatable bonds is 3. The topological polar surface area (TPSA) is 61.9 Å². The molecule has 0 aliphatic carbocycles. The fraction of sp³-hybridized carbons (Fsp3) is 0.529. The van der Waals surface area contributed by atoms with E-state index in [0.29, 0.717) is 24.5 Å². The van der Waals surface area contributed by atoms with Gasteiger partial charge in [-0.1, -0.05) is 19.1 Å². The minimum absolute atomic E-state index is 0.263. The molecule has 124 valence electrons. The molecule has 0 aromatic heterocycles. The van der Waals surface area contributed by atoms with Crippen molar-refractivity contribution in [1.82, 2.24) is 9.80 Å². The van der Waals surface area contributed by atoms with Gasteiger partial charge in [0.05, 0.1) is 5.69 Å². The first kappa shape index (κ1) is 15.8. The van der Waals surface area contributed by atoms with E-state index in [1.165, 1.54) is 0 Å². The van der Waals surface area contributed by atoms with Gasteiger partial charge in [0, 0.05) is 26.2 Å². The third-order valence-corrected chi connectivity index (χ3v) is 4.49. The van der Waals surface area contributed by atoms with Gasteiger partial charge in [-0.3, -0.25) is 14.5 Å². The van der Waals surface area contributed by atoms with Gasteiger partial charge in [0.25, 0.3) is 17.4 Å². The van der Waals surface area contributed by atoms with E-state index in [0.717, 1.165) is 26.1 Å². The summed E-state index contributed by atoms with van der Waals surface area (Å²) in [5.41, 5.74) is -0.892. The van der Waals surface area contributed by atoms with Crippen LogP contribution in [0.25, 0.3) is 0 Å². The van der Waals surface area contributed by atoms with Crippen LogP contribution in [0, 0.1) is 0 Å². The van der Waals surface area contributed by atoms with E-state index in [9.17, 15) is 9.59 Å². The Morgan fingerprint density at radius 2 is 1.96 bits per heavy atom. The van der Waals surface area contributed by atoms with E-state index >= 15 is 0 Å². The Bertz CT molecular complexity index is 611. The Hall–Kier alpha value is -2.08. The molecule has 2 aliphatic rings. The van der Waals surface area contributed by atoms with Crippen LogP contribution in [0.2, 0.25) is 0 Å². The highest BCUT2D eigenvalue weighted by Gasteiger charge is 2.49. The van der Waals surface area contributed by atoms with Gasteiger partial charge < -0.3 is 15.0 Å². The van der Waals surface area contributed by atoms with E-state index in [1.807, 2.05) is 12.1 Å². The highest BCUT2D eigenvalue weighted by molar-refractivity contribution is 6.15. The second kappa shape index (κ2) is 6.20. The standard InChI is InChI=1S/C17H23N3O3/c1-3-8-19-9-11-20(12-10-19)16(22)17(2)15(21)18-13-6-4-5-7-14(13)23-17/h4-7H,3,8-12H2,1-2H3,(H,18,21). The molecule has 0 radical (unpaired) electrons. The molecule has 1 atom stereocenters. The molecule has 3 rings (SSSR count). The molecule has 1 unspecified atom stereocenters. The van der Waals surface area contributed by atoms with Crippen molar-refractivity contribution in [3.63, 3.8) is 0 Å². The normalized spacial score (nSPS) is 24.6. The largest absolute Gasteiger partial charge is 0.466 e. The maximum absolute atomic E-state index is 12.9.